The highest BCUT2D eigenvalue weighted by Gasteiger charge is 2.24. The minimum Gasteiger partial charge on any atom is -0.355 e. The van der Waals surface area contributed by atoms with E-state index in [1.54, 1.807) is 0 Å². The van der Waals surface area contributed by atoms with Gasteiger partial charge in [-0.2, -0.15) is 0 Å². The Morgan fingerprint density at radius 2 is 1.91 bits per heavy atom. The van der Waals surface area contributed by atoms with E-state index in [-0.39, 0.29) is 5.91 Å². The van der Waals surface area contributed by atoms with Crippen LogP contribution in [0.4, 0.5) is 5.82 Å². The first-order valence-electron chi connectivity index (χ1n) is 8.86. The molecule has 2 saturated heterocycles. The van der Waals surface area contributed by atoms with Crippen molar-refractivity contribution in [1.29, 1.82) is 0 Å². The maximum Gasteiger partial charge on any atom is 0.274 e. The van der Waals surface area contributed by atoms with Crippen molar-refractivity contribution in [3.8, 4) is 0 Å². The van der Waals surface area contributed by atoms with E-state index < -0.39 is 0 Å². The third-order valence-electron chi connectivity index (χ3n) is 4.88. The lowest BCUT2D eigenvalue weighted by Crippen LogP contribution is -2.41. The zero-order valence-corrected chi connectivity index (χ0v) is 14.0. The molecule has 1 aromatic heterocycles. The smallest absolute Gasteiger partial charge is 0.274 e. The van der Waals surface area contributed by atoms with Crippen LogP contribution < -0.4 is 10.2 Å². The van der Waals surface area contributed by atoms with Gasteiger partial charge >= 0.3 is 0 Å². The molecule has 2 fully saturated rings. The third kappa shape index (κ3) is 3.99. The van der Waals surface area contributed by atoms with Crippen molar-refractivity contribution in [2.75, 3.05) is 44.2 Å². The van der Waals surface area contributed by atoms with Crippen LogP contribution in [-0.2, 0) is 0 Å². The predicted molar refractivity (Wildman–Crippen MR) is 90.7 cm³/mol. The number of nitrogens with zero attached hydrogens (tertiary/aromatic N) is 4. The predicted octanol–water partition coefficient (Wildman–Crippen LogP) is 1.54. The average Bonchev–Trinajstić information content (AvgIpc) is 3.14. The van der Waals surface area contributed by atoms with Gasteiger partial charge in [0.25, 0.3) is 5.91 Å². The standard InChI is InChI=1S/C17H27N5O/c1-2-18-13-14-7-11-22(12-8-14)17(23)15-5-6-16(20-19-15)21-9-3-4-10-21/h5-6,14,18H,2-4,7-13H2,1H3. The average molecular weight is 317 g/mol. The van der Waals surface area contributed by atoms with Gasteiger partial charge in [-0.25, -0.2) is 0 Å². The number of carbonyl (C=O) groups is 1. The number of likely N-dealkylation sites (tertiary alicyclic amines) is 1. The quantitative estimate of drug-likeness (QED) is 0.892. The second kappa shape index (κ2) is 7.73. The van der Waals surface area contributed by atoms with E-state index in [9.17, 15) is 4.79 Å². The van der Waals surface area contributed by atoms with Crippen molar-refractivity contribution in [2.24, 2.45) is 5.92 Å². The maximum absolute atomic E-state index is 12.5. The van der Waals surface area contributed by atoms with Crippen LogP contribution in [0.25, 0.3) is 0 Å². The molecular weight excluding hydrogens is 290 g/mol. The van der Waals surface area contributed by atoms with Gasteiger partial charge in [0, 0.05) is 26.2 Å². The lowest BCUT2D eigenvalue weighted by atomic mass is 9.96. The Labute approximate surface area is 138 Å². The molecular formula is C17H27N5O. The highest BCUT2D eigenvalue weighted by molar-refractivity contribution is 5.92. The van der Waals surface area contributed by atoms with Crippen LogP contribution in [0.15, 0.2) is 12.1 Å². The molecule has 1 amide bonds. The second-order valence-corrected chi connectivity index (χ2v) is 6.51. The van der Waals surface area contributed by atoms with E-state index in [0.29, 0.717) is 11.6 Å². The van der Waals surface area contributed by atoms with Crippen molar-refractivity contribution < 1.29 is 4.79 Å². The Kier molecular flexibility index (Phi) is 5.43. The Morgan fingerprint density at radius 1 is 1.17 bits per heavy atom. The highest BCUT2D eigenvalue weighted by Crippen LogP contribution is 2.19. The van der Waals surface area contributed by atoms with Crippen molar-refractivity contribution in [1.82, 2.24) is 20.4 Å². The fraction of sp³-hybridized carbons (Fsp3) is 0.706. The number of nitrogens with one attached hydrogen (secondary N) is 1. The molecule has 0 spiro atoms. The van der Waals surface area contributed by atoms with Crippen LogP contribution in [0.2, 0.25) is 0 Å². The van der Waals surface area contributed by atoms with Crippen molar-refractivity contribution >= 4 is 11.7 Å². The molecule has 0 saturated carbocycles. The van der Waals surface area contributed by atoms with Gasteiger partial charge < -0.3 is 15.1 Å². The van der Waals surface area contributed by atoms with Crippen molar-refractivity contribution in [3.63, 3.8) is 0 Å². The molecule has 6 heteroatoms. The Bertz CT molecular complexity index is 504. The highest BCUT2D eigenvalue weighted by atomic mass is 16.2. The van der Waals surface area contributed by atoms with Gasteiger partial charge in [-0.1, -0.05) is 6.92 Å². The van der Waals surface area contributed by atoms with Crippen LogP contribution in [0.1, 0.15) is 43.1 Å². The number of hydrogen-bond acceptors (Lipinski definition) is 5. The van der Waals surface area contributed by atoms with Gasteiger partial charge in [-0.3, -0.25) is 4.79 Å². The van der Waals surface area contributed by atoms with Crippen molar-refractivity contribution in [3.05, 3.63) is 17.8 Å². The van der Waals surface area contributed by atoms with Crippen LogP contribution in [0.3, 0.4) is 0 Å². The molecule has 0 atom stereocenters. The number of rotatable bonds is 5. The lowest BCUT2D eigenvalue weighted by molar-refractivity contribution is 0.0683. The van der Waals surface area contributed by atoms with E-state index in [1.165, 1.54) is 12.8 Å². The molecule has 1 aromatic rings. The van der Waals surface area contributed by atoms with E-state index in [1.807, 2.05) is 17.0 Å². The van der Waals surface area contributed by atoms with Crippen LogP contribution >= 0.6 is 0 Å². The van der Waals surface area contributed by atoms with E-state index >= 15 is 0 Å². The number of amides is 1. The first-order valence-corrected chi connectivity index (χ1v) is 8.86. The van der Waals surface area contributed by atoms with E-state index in [2.05, 4.69) is 27.3 Å². The molecule has 0 unspecified atom stereocenters. The Morgan fingerprint density at radius 3 is 2.52 bits per heavy atom. The number of hydrogen-bond donors (Lipinski definition) is 1. The molecule has 0 aromatic carbocycles. The SMILES string of the molecule is CCNCC1CCN(C(=O)c2ccc(N3CCCC3)nn2)CC1. The van der Waals surface area contributed by atoms with E-state index in [4.69, 9.17) is 0 Å². The largest absolute Gasteiger partial charge is 0.355 e. The van der Waals surface area contributed by atoms with E-state index in [0.717, 1.165) is 57.9 Å². The summed E-state index contributed by atoms with van der Waals surface area (Å²) >= 11 is 0. The number of carbonyl (C=O) groups excluding carboxylic acids is 1. The zero-order valence-electron chi connectivity index (χ0n) is 14.0. The summed E-state index contributed by atoms with van der Waals surface area (Å²) in [7, 11) is 0. The molecule has 3 rings (SSSR count). The molecule has 1 N–H and O–H groups in total. The molecule has 0 aliphatic carbocycles. The Hall–Kier alpha value is -1.69. The molecule has 2 aliphatic heterocycles. The minimum atomic E-state index is 0.0207. The lowest BCUT2D eigenvalue weighted by Gasteiger charge is -2.31. The molecule has 3 heterocycles. The van der Waals surface area contributed by atoms with Crippen LogP contribution in [0, 0.1) is 5.92 Å². The normalized spacial score (nSPS) is 19.3. The van der Waals surface area contributed by atoms with Crippen LogP contribution in [-0.4, -0.2) is 60.3 Å². The van der Waals surface area contributed by atoms with Gasteiger partial charge in [0.05, 0.1) is 0 Å². The number of anilines is 1. The van der Waals surface area contributed by atoms with Crippen LogP contribution in [0.5, 0.6) is 0 Å². The maximum atomic E-state index is 12.5. The fourth-order valence-electron chi connectivity index (χ4n) is 3.40. The second-order valence-electron chi connectivity index (χ2n) is 6.51. The van der Waals surface area contributed by atoms with Gasteiger partial charge in [0.2, 0.25) is 0 Å². The molecule has 126 valence electrons. The first kappa shape index (κ1) is 16.2. The molecule has 23 heavy (non-hydrogen) atoms. The van der Waals surface area contributed by atoms with Gasteiger partial charge in [-0.15, -0.1) is 10.2 Å². The molecule has 6 nitrogen and oxygen atoms in total. The first-order chi connectivity index (χ1) is 11.3. The monoisotopic (exact) mass is 317 g/mol. The van der Waals surface area contributed by atoms with Crippen molar-refractivity contribution in [2.45, 2.75) is 32.6 Å². The molecule has 0 bridgehead atoms. The van der Waals surface area contributed by atoms with Gasteiger partial charge in [0.1, 0.15) is 0 Å². The topological polar surface area (TPSA) is 61.4 Å². The summed E-state index contributed by atoms with van der Waals surface area (Å²) < 4.78 is 0. The summed E-state index contributed by atoms with van der Waals surface area (Å²) in [5.74, 6) is 1.60. The Balaban J connectivity index is 1.54. The third-order valence-corrected chi connectivity index (χ3v) is 4.88. The van der Waals surface area contributed by atoms with Gasteiger partial charge in [-0.05, 0) is 56.8 Å². The number of piperidine rings is 1. The minimum absolute atomic E-state index is 0.0207. The zero-order chi connectivity index (χ0) is 16.1. The fourth-order valence-corrected chi connectivity index (χ4v) is 3.40. The molecule has 2 aliphatic rings. The summed E-state index contributed by atoms with van der Waals surface area (Å²) in [5.41, 5.74) is 0.470. The number of aromatic nitrogens is 2. The summed E-state index contributed by atoms with van der Waals surface area (Å²) in [6, 6.07) is 3.76. The summed E-state index contributed by atoms with van der Waals surface area (Å²) in [5, 5.41) is 11.8. The summed E-state index contributed by atoms with van der Waals surface area (Å²) in [4.78, 5) is 16.7. The summed E-state index contributed by atoms with van der Waals surface area (Å²) in [6.45, 7) is 7.93. The molecule has 0 radical (unpaired) electrons. The van der Waals surface area contributed by atoms with Gasteiger partial charge in [0.15, 0.2) is 11.5 Å². The summed E-state index contributed by atoms with van der Waals surface area (Å²) in [6.07, 6.45) is 4.56.